The van der Waals surface area contributed by atoms with E-state index in [9.17, 15) is 14.0 Å². The lowest BCUT2D eigenvalue weighted by molar-refractivity contribution is -0.120. The van der Waals surface area contributed by atoms with Gasteiger partial charge in [0.25, 0.3) is 5.91 Å². The summed E-state index contributed by atoms with van der Waals surface area (Å²) in [4.78, 5) is 34.0. The summed E-state index contributed by atoms with van der Waals surface area (Å²) < 4.78 is 14.3. The van der Waals surface area contributed by atoms with E-state index < -0.39 is 11.7 Å². The summed E-state index contributed by atoms with van der Waals surface area (Å²) in [5.74, 6) is 0.162. The summed E-state index contributed by atoms with van der Waals surface area (Å²) in [5.41, 5.74) is 1.82. The zero-order valence-electron chi connectivity index (χ0n) is 20.9. The fraction of sp³-hybridized carbons (Fsp3) is 0.345. The van der Waals surface area contributed by atoms with Crippen LogP contribution in [0.2, 0.25) is 10.0 Å². The molecular weight excluding hydrogens is 526 g/mol. The van der Waals surface area contributed by atoms with Gasteiger partial charge in [0, 0.05) is 49.0 Å². The Balaban J connectivity index is 1.11. The molecule has 0 atom stereocenters. The first-order chi connectivity index (χ1) is 18.4. The number of carbonyl (C=O) groups is 2. The van der Waals surface area contributed by atoms with E-state index in [1.54, 1.807) is 11.1 Å². The molecule has 0 unspecified atom stereocenters. The van der Waals surface area contributed by atoms with Gasteiger partial charge in [-0.15, -0.1) is 0 Å². The molecule has 6 nitrogen and oxygen atoms in total. The highest BCUT2D eigenvalue weighted by Crippen LogP contribution is 2.32. The van der Waals surface area contributed by atoms with Gasteiger partial charge in [-0.3, -0.25) is 9.59 Å². The zero-order valence-corrected chi connectivity index (χ0v) is 22.4. The first kappa shape index (κ1) is 26.4. The lowest BCUT2D eigenvalue weighted by Gasteiger charge is -2.33. The third-order valence-electron chi connectivity index (χ3n) is 7.49. The SMILES string of the molecule is O=C(Nc1ccc(C2CCN(C(=O)c3c(F)cc(Cl)cc3Cl)CC2)cc1)C1CCN(c2ccccn2)CC1. The number of aromatic nitrogens is 1. The van der Waals surface area contributed by atoms with Gasteiger partial charge in [-0.25, -0.2) is 9.37 Å². The van der Waals surface area contributed by atoms with Gasteiger partial charge < -0.3 is 15.1 Å². The second-order valence-electron chi connectivity index (χ2n) is 9.87. The number of anilines is 2. The van der Waals surface area contributed by atoms with Crippen LogP contribution in [0.1, 0.15) is 47.5 Å². The van der Waals surface area contributed by atoms with Crippen molar-refractivity contribution in [1.29, 1.82) is 0 Å². The van der Waals surface area contributed by atoms with Crippen LogP contribution in [0.15, 0.2) is 60.8 Å². The standard InChI is InChI=1S/C29H29Cl2FN4O2/c30-22-17-24(31)27(25(32)18-22)29(38)36-15-8-20(9-16-36)19-4-6-23(7-5-19)34-28(37)21-10-13-35(14-11-21)26-3-1-2-12-33-26/h1-7,12,17-18,20-21H,8-11,13-16H2,(H,34,37). The van der Waals surface area contributed by atoms with Crippen LogP contribution in [0.3, 0.4) is 0 Å². The van der Waals surface area contributed by atoms with Crippen molar-refractivity contribution in [1.82, 2.24) is 9.88 Å². The maximum Gasteiger partial charge on any atom is 0.258 e. The number of halogens is 3. The van der Waals surface area contributed by atoms with E-state index in [4.69, 9.17) is 23.2 Å². The van der Waals surface area contributed by atoms with E-state index in [1.807, 2.05) is 42.5 Å². The van der Waals surface area contributed by atoms with Crippen molar-refractivity contribution in [2.75, 3.05) is 36.4 Å². The van der Waals surface area contributed by atoms with Crippen molar-refractivity contribution >= 4 is 46.5 Å². The Kier molecular flexibility index (Phi) is 8.15. The van der Waals surface area contributed by atoms with Crippen molar-refractivity contribution in [2.45, 2.75) is 31.6 Å². The third kappa shape index (κ3) is 5.94. The molecule has 0 saturated carbocycles. The molecule has 2 amide bonds. The highest BCUT2D eigenvalue weighted by molar-refractivity contribution is 6.36. The molecule has 1 N–H and O–H groups in total. The van der Waals surface area contributed by atoms with E-state index in [-0.39, 0.29) is 33.4 Å². The molecule has 2 aliphatic rings. The number of rotatable bonds is 5. The topological polar surface area (TPSA) is 65.5 Å². The van der Waals surface area contributed by atoms with E-state index in [0.717, 1.165) is 61.9 Å². The van der Waals surface area contributed by atoms with Crippen LogP contribution >= 0.6 is 23.2 Å². The van der Waals surface area contributed by atoms with Crippen LogP contribution < -0.4 is 10.2 Å². The minimum Gasteiger partial charge on any atom is -0.357 e. The molecule has 3 aromatic rings. The predicted molar refractivity (Wildman–Crippen MR) is 149 cm³/mol. The second kappa shape index (κ2) is 11.7. The average molecular weight is 555 g/mol. The monoisotopic (exact) mass is 554 g/mol. The van der Waals surface area contributed by atoms with Gasteiger partial charge in [0.05, 0.1) is 10.6 Å². The zero-order chi connectivity index (χ0) is 26.6. The summed E-state index contributed by atoms with van der Waals surface area (Å²) in [6.07, 6.45) is 4.91. The minimum absolute atomic E-state index is 0.0181. The highest BCUT2D eigenvalue weighted by atomic mass is 35.5. The number of nitrogens with one attached hydrogen (secondary N) is 1. The van der Waals surface area contributed by atoms with Crippen molar-refractivity contribution in [3.8, 4) is 0 Å². The molecule has 2 aromatic carbocycles. The number of hydrogen-bond acceptors (Lipinski definition) is 4. The summed E-state index contributed by atoms with van der Waals surface area (Å²) in [5, 5.41) is 3.25. The van der Waals surface area contributed by atoms with Crippen LogP contribution in [-0.2, 0) is 4.79 Å². The van der Waals surface area contributed by atoms with Crippen molar-refractivity contribution in [3.63, 3.8) is 0 Å². The van der Waals surface area contributed by atoms with Gasteiger partial charge in [0.15, 0.2) is 0 Å². The van der Waals surface area contributed by atoms with Gasteiger partial charge in [-0.05, 0) is 73.6 Å². The molecule has 38 heavy (non-hydrogen) atoms. The van der Waals surface area contributed by atoms with E-state index in [0.29, 0.717) is 13.1 Å². The maximum absolute atomic E-state index is 14.3. The molecule has 2 fully saturated rings. The molecule has 5 rings (SSSR count). The normalized spacial score (nSPS) is 16.9. The Morgan fingerprint density at radius 2 is 1.63 bits per heavy atom. The van der Waals surface area contributed by atoms with Crippen LogP contribution in [-0.4, -0.2) is 47.9 Å². The fourth-order valence-corrected chi connectivity index (χ4v) is 5.86. The Morgan fingerprint density at radius 3 is 2.26 bits per heavy atom. The van der Waals surface area contributed by atoms with Gasteiger partial charge in [0.1, 0.15) is 11.6 Å². The number of amides is 2. The molecule has 3 heterocycles. The quantitative estimate of drug-likeness (QED) is 0.396. The van der Waals surface area contributed by atoms with Crippen LogP contribution in [0.5, 0.6) is 0 Å². The summed E-state index contributed by atoms with van der Waals surface area (Å²) >= 11 is 11.9. The van der Waals surface area contributed by atoms with Crippen LogP contribution in [0, 0.1) is 11.7 Å². The molecule has 2 aliphatic heterocycles. The maximum atomic E-state index is 14.3. The van der Waals surface area contributed by atoms with Gasteiger partial charge in [0.2, 0.25) is 5.91 Å². The Morgan fingerprint density at radius 1 is 0.921 bits per heavy atom. The smallest absolute Gasteiger partial charge is 0.258 e. The largest absolute Gasteiger partial charge is 0.357 e. The van der Waals surface area contributed by atoms with Crippen molar-refractivity contribution in [3.05, 3.63) is 87.8 Å². The molecule has 0 radical (unpaired) electrons. The molecule has 198 valence electrons. The molecule has 0 spiro atoms. The number of carbonyl (C=O) groups excluding carboxylic acids is 2. The fourth-order valence-electron chi connectivity index (χ4n) is 5.32. The molecule has 0 aliphatic carbocycles. The van der Waals surface area contributed by atoms with Crippen LogP contribution in [0.4, 0.5) is 15.9 Å². The number of hydrogen-bond donors (Lipinski definition) is 1. The number of nitrogens with zero attached hydrogens (tertiary/aromatic N) is 3. The summed E-state index contributed by atoms with van der Waals surface area (Å²) in [7, 11) is 0. The summed E-state index contributed by atoms with van der Waals surface area (Å²) in [6.45, 7) is 2.65. The molecule has 9 heteroatoms. The molecular formula is C29H29Cl2FN4O2. The van der Waals surface area contributed by atoms with E-state index in [1.165, 1.54) is 6.07 Å². The first-order valence-corrected chi connectivity index (χ1v) is 13.7. The molecule has 2 saturated heterocycles. The first-order valence-electron chi connectivity index (χ1n) is 12.9. The van der Waals surface area contributed by atoms with E-state index >= 15 is 0 Å². The van der Waals surface area contributed by atoms with Crippen LogP contribution in [0.25, 0.3) is 0 Å². The lowest BCUT2D eigenvalue weighted by atomic mass is 9.89. The summed E-state index contributed by atoms with van der Waals surface area (Å²) in [6, 6.07) is 16.3. The number of benzene rings is 2. The molecule has 0 bridgehead atoms. The second-order valence-corrected chi connectivity index (χ2v) is 10.7. The Labute approximate surface area is 231 Å². The lowest BCUT2D eigenvalue weighted by Crippen LogP contribution is -2.38. The van der Waals surface area contributed by atoms with Crippen molar-refractivity contribution < 1.29 is 14.0 Å². The van der Waals surface area contributed by atoms with Crippen molar-refractivity contribution in [2.24, 2.45) is 5.92 Å². The van der Waals surface area contributed by atoms with Gasteiger partial charge in [-0.1, -0.05) is 41.4 Å². The molecule has 1 aromatic heterocycles. The minimum atomic E-state index is -0.703. The highest BCUT2D eigenvalue weighted by Gasteiger charge is 2.28. The third-order valence-corrected chi connectivity index (χ3v) is 8.01. The van der Waals surface area contributed by atoms with E-state index in [2.05, 4.69) is 15.2 Å². The number of likely N-dealkylation sites (tertiary alicyclic amines) is 1. The van der Waals surface area contributed by atoms with Gasteiger partial charge >= 0.3 is 0 Å². The number of pyridine rings is 1. The average Bonchev–Trinajstić information content (AvgIpc) is 2.93. The Hall–Kier alpha value is -3.16. The predicted octanol–water partition coefficient (Wildman–Crippen LogP) is 6.40. The van der Waals surface area contributed by atoms with Gasteiger partial charge in [-0.2, -0.15) is 0 Å². The number of piperidine rings is 2. The Bertz CT molecular complexity index is 1270.